The standard InChI is InChI=1S/C22H23N5OS/c1-4-11-27-21(17(3)28-19-9-7-8-16(2)13-19)24-25-22(27)29-15-18-14-26-12-6-5-10-20(26)23-18/h4-10,12-14,17H,1,11,15H2,2-3H3. The van der Waals surface area contributed by atoms with Crippen LogP contribution < -0.4 is 4.74 Å². The summed E-state index contributed by atoms with van der Waals surface area (Å²) in [5.41, 5.74) is 3.10. The van der Waals surface area contributed by atoms with E-state index >= 15 is 0 Å². The summed E-state index contributed by atoms with van der Waals surface area (Å²) in [4.78, 5) is 4.65. The van der Waals surface area contributed by atoms with Gasteiger partial charge in [0, 0.05) is 24.7 Å². The minimum Gasteiger partial charge on any atom is -0.483 e. The topological polar surface area (TPSA) is 57.2 Å². The van der Waals surface area contributed by atoms with Gasteiger partial charge >= 0.3 is 0 Å². The summed E-state index contributed by atoms with van der Waals surface area (Å²) in [6.45, 7) is 8.54. The number of thioether (sulfide) groups is 1. The highest BCUT2D eigenvalue weighted by Gasteiger charge is 2.19. The molecule has 29 heavy (non-hydrogen) atoms. The zero-order valence-corrected chi connectivity index (χ0v) is 17.3. The molecule has 0 spiro atoms. The van der Waals surface area contributed by atoms with E-state index in [1.807, 2.05) is 83.7 Å². The highest BCUT2D eigenvalue weighted by Crippen LogP contribution is 2.27. The van der Waals surface area contributed by atoms with Crippen LogP contribution in [0.4, 0.5) is 0 Å². The van der Waals surface area contributed by atoms with Gasteiger partial charge in [0.1, 0.15) is 11.4 Å². The van der Waals surface area contributed by atoms with E-state index in [1.165, 1.54) is 0 Å². The van der Waals surface area contributed by atoms with Crippen LogP contribution in [0.1, 0.15) is 30.1 Å². The maximum Gasteiger partial charge on any atom is 0.192 e. The number of benzene rings is 1. The molecule has 0 aliphatic carbocycles. The first-order chi connectivity index (χ1) is 14.1. The second-order valence-corrected chi connectivity index (χ2v) is 7.75. The Labute approximate surface area is 174 Å². The Balaban J connectivity index is 1.51. The summed E-state index contributed by atoms with van der Waals surface area (Å²) in [5.74, 6) is 2.32. The Kier molecular flexibility index (Phi) is 5.67. The maximum absolute atomic E-state index is 6.10. The van der Waals surface area contributed by atoms with Gasteiger partial charge in [0.15, 0.2) is 17.1 Å². The molecule has 148 valence electrons. The monoisotopic (exact) mass is 405 g/mol. The van der Waals surface area contributed by atoms with Gasteiger partial charge in [-0.05, 0) is 43.7 Å². The van der Waals surface area contributed by atoms with Crippen LogP contribution in [0.25, 0.3) is 5.65 Å². The van der Waals surface area contributed by atoms with E-state index in [-0.39, 0.29) is 6.10 Å². The van der Waals surface area contributed by atoms with Crippen LogP contribution in [0.15, 0.2) is 72.7 Å². The predicted molar refractivity (Wildman–Crippen MR) is 115 cm³/mol. The van der Waals surface area contributed by atoms with Crippen molar-refractivity contribution < 1.29 is 4.74 Å². The summed E-state index contributed by atoms with van der Waals surface area (Å²) in [5, 5.41) is 9.63. The largest absolute Gasteiger partial charge is 0.483 e. The minimum absolute atomic E-state index is 0.228. The molecule has 0 aliphatic rings. The molecule has 0 N–H and O–H groups in total. The molecule has 0 amide bonds. The molecule has 1 atom stereocenters. The number of aromatic nitrogens is 5. The average Bonchev–Trinajstić information content (AvgIpc) is 3.30. The van der Waals surface area contributed by atoms with Gasteiger partial charge in [-0.3, -0.25) is 4.57 Å². The van der Waals surface area contributed by atoms with E-state index in [0.717, 1.165) is 33.6 Å². The smallest absolute Gasteiger partial charge is 0.192 e. The molecule has 0 bridgehead atoms. The third-order valence-electron chi connectivity index (χ3n) is 4.49. The molecule has 0 fully saturated rings. The first-order valence-electron chi connectivity index (χ1n) is 9.47. The fourth-order valence-corrected chi connectivity index (χ4v) is 3.99. The van der Waals surface area contributed by atoms with Crippen LogP contribution in [0.5, 0.6) is 5.75 Å². The number of allylic oxidation sites excluding steroid dienone is 1. The average molecular weight is 406 g/mol. The highest BCUT2D eigenvalue weighted by atomic mass is 32.2. The fraction of sp³-hybridized carbons (Fsp3) is 0.227. The minimum atomic E-state index is -0.228. The molecule has 0 radical (unpaired) electrons. The van der Waals surface area contributed by atoms with E-state index in [1.54, 1.807) is 11.8 Å². The quantitative estimate of drug-likeness (QED) is 0.310. The third-order valence-corrected chi connectivity index (χ3v) is 5.49. The van der Waals surface area contributed by atoms with Crippen molar-refractivity contribution in [3.05, 3.63) is 84.6 Å². The lowest BCUT2D eigenvalue weighted by atomic mass is 10.2. The van der Waals surface area contributed by atoms with Gasteiger partial charge in [0.2, 0.25) is 0 Å². The van der Waals surface area contributed by atoms with Crippen molar-refractivity contribution in [3.8, 4) is 5.75 Å². The predicted octanol–water partition coefficient (Wildman–Crippen LogP) is 4.85. The van der Waals surface area contributed by atoms with Crippen molar-refractivity contribution in [2.45, 2.75) is 37.4 Å². The lowest BCUT2D eigenvalue weighted by Gasteiger charge is -2.16. The molecule has 0 saturated heterocycles. The Bertz CT molecular complexity index is 1100. The van der Waals surface area contributed by atoms with Crippen molar-refractivity contribution in [2.75, 3.05) is 0 Å². The Morgan fingerprint density at radius 1 is 1.21 bits per heavy atom. The number of rotatable bonds is 8. The number of hydrogen-bond donors (Lipinski definition) is 0. The molecule has 4 rings (SSSR count). The first kappa shape index (κ1) is 19.3. The molecule has 0 aliphatic heterocycles. The Morgan fingerprint density at radius 3 is 2.90 bits per heavy atom. The van der Waals surface area contributed by atoms with Crippen molar-refractivity contribution >= 4 is 17.4 Å². The van der Waals surface area contributed by atoms with E-state index in [2.05, 4.69) is 21.8 Å². The van der Waals surface area contributed by atoms with Crippen LogP contribution in [-0.4, -0.2) is 24.1 Å². The number of pyridine rings is 1. The fourth-order valence-electron chi connectivity index (χ4n) is 3.15. The van der Waals surface area contributed by atoms with E-state index in [4.69, 9.17) is 4.74 Å². The molecule has 7 heteroatoms. The molecule has 3 aromatic heterocycles. The SMILES string of the molecule is C=CCn1c(SCc2cn3ccccc3n2)nnc1C(C)Oc1cccc(C)c1. The van der Waals surface area contributed by atoms with Crippen LogP contribution in [0, 0.1) is 6.92 Å². The van der Waals surface area contributed by atoms with Gasteiger partial charge in [0.25, 0.3) is 0 Å². The number of hydrogen-bond acceptors (Lipinski definition) is 5. The number of nitrogens with zero attached hydrogens (tertiary/aromatic N) is 5. The van der Waals surface area contributed by atoms with Crippen molar-refractivity contribution in [3.63, 3.8) is 0 Å². The van der Waals surface area contributed by atoms with Crippen molar-refractivity contribution in [1.29, 1.82) is 0 Å². The van der Waals surface area contributed by atoms with Crippen LogP contribution in [0.2, 0.25) is 0 Å². The van der Waals surface area contributed by atoms with Gasteiger partial charge in [-0.1, -0.05) is 36.0 Å². The van der Waals surface area contributed by atoms with Crippen LogP contribution in [-0.2, 0) is 12.3 Å². The molecule has 3 heterocycles. The second kappa shape index (κ2) is 8.53. The summed E-state index contributed by atoms with van der Waals surface area (Å²) in [6.07, 6.45) is 5.66. The first-order valence-corrected chi connectivity index (χ1v) is 10.5. The lowest BCUT2D eigenvalue weighted by molar-refractivity contribution is 0.210. The zero-order valence-electron chi connectivity index (χ0n) is 16.5. The van der Waals surface area contributed by atoms with Crippen molar-refractivity contribution in [1.82, 2.24) is 24.1 Å². The van der Waals surface area contributed by atoms with Gasteiger partial charge in [-0.25, -0.2) is 4.98 Å². The molecule has 6 nitrogen and oxygen atoms in total. The summed E-state index contributed by atoms with van der Waals surface area (Å²) in [7, 11) is 0. The third kappa shape index (κ3) is 4.35. The summed E-state index contributed by atoms with van der Waals surface area (Å²) < 4.78 is 10.2. The van der Waals surface area contributed by atoms with E-state index < -0.39 is 0 Å². The lowest BCUT2D eigenvalue weighted by Crippen LogP contribution is -2.12. The summed E-state index contributed by atoms with van der Waals surface area (Å²) >= 11 is 1.61. The van der Waals surface area contributed by atoms with Crippen LogP contribution >= 0.6 is 11.8 Å². The Hall–Kier alpha value is -3.06. The molecule has 1 unspecified atom stereocenters. The highest BCUT2D eigenvalue weighted by molar-refractivity contribution is 7.98. The van der Waals surface area contributed by atoms with E-state index in [0.29, 0.717) is 12.3 Å². The summed E-state index contributed by atoms with van der Waals surface area (Å²) in [6, 6.07) is 14.0. The molecule has 1 aromatic carbocycles. The zero-order chi connectivity index (χ0) is 20.2. The Morgan fingerprint density at radius 2 is 2.10 bits per heavy atom. The number of aryl methyl sites for hydroxylation is 1. The molecule has 4 aromatic rings. The van der Waals surface area contributed by atoms with E-state index in [9.17, 15) is 0 Å². The second-order valence-electron chi connectivity index (χ2n) is 6.80. The van der Waals surface area contributed by atoms with Gasteiger partial charge in [-0.15, -0.1) is 16.8 Å². The normalized spacial score (nSPS) is 12.2. The van der Waals surface area contributed by atoms with Crippen molar-refractivity contribution in [2.24, 2.45) is 0 Å². The van der Waals surface area contributed by atoms with Gasteiger partial charge < -0.3 is 9.14 Å². The van der Waals surface area contributed by atoms with Gasteiger partial charge in [0.05, 0.1) is 5.69 Å². The molecular formula is C22H23N5OS. The van der Waals surface area contributed by atoms with Gasteiger partial charge in [-0.2, -0.15) is 0 Å². The number of fused-ring (bicyclic) bond motifs is 1. The number of imidazole rings is 1. The number of ether oxygens (including phenoxy) is 1. The van der Waals surface area contributed by atoms with Crippen LogP contribution in [0.3, 0.4) is 0 Å². The molecule has 0 saturated carbocycles. The maximum atomic E-state index is 6.10. The molecular weight excluding hydrogens is 382 g/mol.